The molecule has 2 aromatic heterocycles. The summed E-state index contributed by atoms with van der Waals surface area (Å²) in [4.78, 5) is 23.3. The van der Waals surface area contributed by atoms with Gasteiger partial charge in [0.25, 0.3) is 0 Å². The molecule has 33 heavy (non-hydrogen) atoms. The van der Waals surface area contributed by atoms with E-state index in [1.165, 1.54) is 5.56 Å². The molecule has 1 aliphatic rings. The van der Waals surface area contributed by atoms with Crippen LogP contribution in [-0.4, -0.2) is 56.7 Å². The van der Waals surface area contributed by atoms with Crippen LogP contribution in [-0.2, 0) is 17.8 Å². The van der Waals surface area contributed by atoms with Crippen LogP contribution >= 0.6 is 0 Å². The Bertz CT molecular complexity index is 1020. The number of pyridine rings is 1. The highest BCUT2D eigenvalue weighted by atomic mass is 16.5. The number of aromatic nitrogens is 4. The molecule has 0 spiro atoms. The maximum Gasteiger partial charge on any atom is 0.221 e. The van der Waals surface area contributed by atoms with Gasteiger partial charge < -0.3 is 10.1 Å². The molecule has 174 valence electrons. The summed E-state index contributed by atoms with van der Waals surface area (Å²) in [6.45, 7) is 5.08. The van der Waals surface area contributed by atoms with Crippen LogP contribution in [0.5, 0.6) is 5.75 Å². The second-order valence-electron chi connectivity index (χ2n) is 8.42. The van der Waals surface area contributed by atoms with Crippen LogP contribution in [0.25, 0.3) is 11.4 Å². The van der Waals surface area contributed by atoms with Crippen molar-refractivity contribution in [3.8, 4) is 17.1 Å². The van der Waals surface area contributed by atoms with Gasteiger partial charge in [-0.1, -0.05) is 31.5 Å². The lowest BCUT2D eigenvalue weighted by Gasteiger charge is -2.23. The number of carbonyl (C=O) groups excluding carboxylic acids is 1. The Hall–Kier alpha value is -3.26. The number of amides is 1. The lowest BCUT2D eigenvalue weighted by molar-refractivity contribution is -0.121. The third kappa shape index (κ3) is 6.61. The molecule has 8 heteroatoms. The Balaban J connectivity index is 1.24. The lowest BCUT2D eigenvalue weighted by atomic mass is 10.1. The summed E-state index contributed by atoms with van der Waals surface area (Å²) in [6, 6.07) is 12.0. The minimum absolute atomic E-state index is 0.0485. The van der Waals surface area contributed by atoms with E-state index in [1.54, 1.807) is 12.4 Å². The molecule has 1 aliphatic heterocycles. The van der Waals surface area contributed by atoms with Crippen LogP contribution in [0, 0.1) is 0 Å². The minimum atomic E-state index is 0.0485. The van der Waals surface area contributed by atoms with E-state index in [0.29, 0.717) is 31.8 Å². The second-order valence-corrected chi connectivity index (χ2v) is 8.42. The molecule has 0 aliphatic carbocycles. The van der Waals surface area contributed by atoms with Crippen molar-refractivity contribution < 1.29 is 9.53 Å². The van der Waals surface area contributed by atoms with Gasteiger partial charge in [0.2, 0.25) is 5.91 Å². The second kappa shape index (κ2) is 11.6. The molecule has 3 aromatic rings. The number of nitrogens with one attached hydrogen (secondary N) is 2. The van der Waals surface area contributed by atoms with Gasteiger partial charge in [-0.15, -0.1) is 0 Å². The van der Waals surface area contributed by atoms with E-state index in [2.05, 4.69) is 43.4 Å². The van der Waals surface area contributed by atoms with Crippen LogP contribution in [0.2, 0.25) is 0 Å². The van der Waals surface area contributed by atoms with E-state index >= 15 is 0 Å². The molecule has 1 aromatic carbocycles. The van der Waals surface area contributed by atoms with Crippen molar-refractivity contribution >= 4 is 5.91 Å². The van der Waals surface area contributed by atoms with Crippen LogP contribution < -0.4 is 10.1 Å². The first-order chi connectivity index (χ1) is 16.2. The number of nitrogens with zero attached hydrogens (tertiary/aromatic N) is 4. The van der Waals surface area contributed by atoms with Crippen molar-refractivity contribution in [2.45, 2.75) is 51.7 Å². The zero-order valence-corrected chi connectivity index (χ0v) is 19.2. The highest BCUT2D eigenvalue weighted by Gasteiger charge is 2.22. The van der Waals surface area contributed by atoms with Gasteiger partial charge in [0.15, 0.2) is 5.82 Å². The zero-order valence-electron chi connectivity index (χ0n) is 19.2. The predicted molar refractivity (Wildman–Crippen MR) is 127 cm³/mol. The monoisotopic (exact) mass is 448 g/mol. The van der Waals surface area contributed by atoms with E-state index in [9.17, 15) is 4.79 Å². The average molecular weight is 449 g/mol. The van der Waals surface area contributed by atoms with E-state index in [4.69, 9.17) is 4.74 Å². The van der Waals surface area contributed by atoms with Crippen molar-refractivity contribution in [3.63, 3.8) is 0 Å². The highest BCUT2D eigenvalue weighted by Crippen LogP contribution is 2.26. The summed E-state index contributed by atoms with van der Waals surface area (Å²) < 4.78 is 6.28. The molecule has 1 atom stereocenters. The number of para-hydroxylation sites is 1. The molecule has 4 rings (SSSR count). The molecule has 2 N–H and O–H groups in total. The third-order valence-electron chi connectivity index (χ3n) is 5.81. The summed E-state index contributed by atoms with van der Waals surface area (Å²) in [7, 11) is 0. The van der Waals surface area contributed by atoms with Crippen molar-refractivity contribution in [3.05, 3.63) is 60.2 Å². The molecule has 8 nitrogen and oxygen atoms in total. The average Bonchev–Trinajstić information content (AvgIpc) is 3.23. The van der Waals surface area contributed by atoms with Crippen molar-refractivity contribution in [2.75, 3.05) is 19.6 Å². The van der Waals surface area contributed by atoms with Crippen LogP contribution in [0.4, 0.5) is 0 Å². The summed E-state index contributed by atoms with van der Waals surface area (Å²) in [5.41, 5.74) is 2.10. The topological polar surface area (TPSA) is 96.0 Å². The normalized spacial score (nSPS) is 16.0. The van der Waals surface area contributed by atoms with E-state index in [1.807, 2.05) is 30.3 Å². The molecule has 3 heterocycles. The maximum atomic E-state index is 12.5. The number of benzene rings is 1. The Morgan fingerprint density at radius 2 is 2.09 bits per heavy atom. The minimum Gasteiger partial charge on any atom is -0.489 e. The number of hydrogen-bond acceptors (Lipinski definition) is 6. The Morgan fingerprint density at radius 1 is 1.24 bits per heavy atom. The SMILES string of the molecule is CCCCC1CN(CCC(=O)NCCc2nc(-c3ccncc3)n[nH]2)Cc2ccccc2O1. The summed E-state index contributed by atoms with van der Waals surface area (Å²) >= 11 is 0. The van der Waals surface area contributed by atoms with Gasteiger partial charge in [0.1, 0.15) is 17.7 Å². The summed E-state index contributed by atoms with van der Waals surface area (Å²) in [5.74, 6) is 2.42. The Labute approximate surface area is 194 Å². The fourth-order valence-electron chi connectivity index (χ4n) is 4.02. The first kappa shape index (κ1) is 22.9. The number of ether oxygens (including phenoxy) is 1. The molecule has 1 unspecified atom stereocenters. The fourth-order valence-corrected chi connectivity index (χ4v) is 4.02. The van der Waals surface area contributed by atoms with Crippen molar-refractivity contribution in [1.82, 2.24) is 30.4 Å². The van der Waals surface area contributed by atoms with Gasteiger partial charge in [-0.2, -0.15) is 5.10 Å². The van der Waals surface area contributed by atoms with Gasteiger partial charge >= 0.3 is 0 Å². The standard InChI is InChI=1S/C25H32N6O2/c1-2-3-7-21-18-31(17-20-6-4-5-8-22(20)33-21)16-12-24(32)27-15-11-23-28-25(30-29-23)19-9-13-26-14-10-19/h4-6,8-10,13-14,21H,2-3,7,11-12,15-18H2,1H3,(H,27,32)(H,28,29,30). The summed E-state index contributed by atoms with van der Waals surface area (Å²) in [5, 5.41) is 10.2. The van der Waals surface area contributed by atoms with Crippen LogP contribution in [0.3, 0.4) is 0 Å². The first-order valence-corrected chi connectivity index (χ1v) is 11.8. The molecular weight excluding hydrogens is 416 g/mol. The number of hydrogen-bond donors (Lipinski definition) is 2. The zero-order chi connectivity index (χ0) is 22.9. The highest BCUT2D eigenvalue weighted by molar-refractivity contribution is 5.76. The number of aromatic amines is 1. The summed E-state index contributed by atoms with van der Waals surface area (Å²) in [6.07, 6.45) is 7.99. The number of fused-ring (bicyclic) bond motifs is 1. The molecule has 0 fully saturated rings. The van der Waals surface area contributed by atoms with E-state index < -0.39 is 0 Å². The van der Waals surface area contributed by atoms with Gasteiger partial charge in [-0.3, -0.25) is 19.8 Å². The lowest BCUT2D eigenvalue weighted by Crippen LogP contribution is -2.36. The number of unbranched alkanes of at least 4 members (excludes halogenated alkanes) is 1. The van der Waals surface area contributed by atoms with Crippen LogP contribution in [0.15, 0.2) is 48.8 Å². The smallest absolute Gasteiger partial charge is 0.221 e. The van der Waals surface area contributed by atoms with Gasteiger partial charge in [0.05, 0.1) is 0 Å². The molecule has 0 saturated heterocycles. The number of carbonyl (C=O) groups is 1. The third-order valence-corrected chi connectivity index (χ3v) is 5.81. The predicted octanol–water partition coefficient (Wildman–Crippen LogP) is 3.37. The van der Waals surface area contributed by atoms with Gasteiger partial charge in [-0.25, -0.2) is 4.98 Å². The Morgan fingerprint density at radius 3 is 2.94 bits per heavy atom. The maximum absolute atomic E-state index is 12.5. The van der Waals surface area contributed by atoms with E-state index in [-0.39, 0.29) is 12.0 Å². The van der Waals surface area contributed by atoms with Gasteiger partial charge in [0, 0.05) is 62.5 Å². The fraction of sp³-hybridized carbons (Fsp3) is 0.440. The van der Waals surface area contributed by atoms with Crippen molar-refractivity contribution in [2.24, 2.45) is 0 Å². The van der Waals surface area contributed by atoms with E-state index in [0.717, 1.165) is 49.5 Å². The molecule has 0 radical (unpaired) electrons. The quantitative estimate of drug-likeness (QED) is 0.494. The first-order valence-electron chi connectivity index (χ1n) is 11.8. The van der Waals surface area contributed by atoms with Crippen LogP contribution in [0.1, 0.15) is 44.0 Å². The largest absolute Gasteiger partial charge is 0.489 e. The van der Waals surface area contributed by atoms with Gasteiger partial charge in [-0.05, 0) is 31.0 Å². The van der Waals surface area contributed by atoms with Crippen molar-refractivity contribution in [1.29, 1.82) is 0 Å². The number of H-pyrrole nitrogens is 1. The molecule has 0 saturated carbocycles. The molecule has 0 bridgehead atoms. The Kier molecular flexibility index (Phi) is 8.03. The molecular formula is C25H32N6O2. The molecule has 1 amide bonds. The number of rotatable bonds is 10.